The van der Waals surface area contributed by atoms with Crippen molar-refractivity contribution in [3.05, 3.63) is 24.4 Å². The lowest BCUT2D eigenvalue weighted by Crippen LogP contribution is -1.94. The summed E-state index contributed by atoms with van der Waals surface area (Å²) in [6.07, 6.45) is 1.92. The van der Waals surface area contributed by atoms with E-state index in [-0.39, 0.29) is 12.6 Å². The third-order valence-corrected chi connectivity index (χ3v) is 3.45. The molecule has 0 saturated carbocycles. The van der Waals surface area contributed by atoms with E-state index in [4.69, 9.17) is 5.11 Å². The molecule has 0 bridgehead atoms. The number of carboxylic acids is 1. The maximum atomic E-state index is 10.2. The SMILES string of the molecule is N.O=C(O)CCSSc1ccccn1. The zero-order valence-electron chi connectivity index (χ0n) is 7.55. The normalized spacial score (nSPS) is 9.14. The van der Waals surface area contributed by atoms with Crippen LogP contribution in [0, 0.1) is 0 Å². The molecule has 1 aromatic heterocycles. The average Bonchev–Trinajstić information content (AvgIpc) is 2.14. The van der Waals surface area contributed by atoms with E-state index < -0.39 is 5.97 Å². The summed E-state index contributed by atoms with van der Waals surface area (Å²) in [5.41, 5.74) is 0. The van der Waals surface area contributed by atoms with Crippen LogP contribution in [0.25, 0.3) is 0 Å². The van der Waals surface area contributed by atoms with Gasteiger partial charge in [0.1, 0.15) is 5.03 Å². The van der Waals surface area contributed by atoms with Gasteiger partial charge in [-0.15, -0.1) is 0 Å². The van der Waals surface area contributed by atoms with Crippen molar-refractivity contribution in [3.8, 4) is 0 Å². The minimum absolute atomic E-state index is 0. The van der Waals surface area contributed by atoms with Crippen LogP contribution in [0.3, 0.4) is 0 Å². The summed E-state index contributed by atoms with van der Waals surface area (Å²) < 4.78 is 0. The van der Waals surface area contributed by atoms with Crippen LogP contribution >= 0.6 is 21.6 Å². The molecule has 4 N–H and O–H groups in total. The standard InChI is InChI=1S/C8H9NO2S2.H3N/c10-8(11)4-6-12-13-7-3-1-2-5-9-7;/h1-3,5H,4,6H2,(H,10,11);1H3. The quantitative estimate of drug-likeness (QED) is 0.599. The molecule has 0 atom stereocenters. The molecule has 1 heterocycles. The first-order valence-corrected chi connectivity index (χ1v) is 6.03. The lowest BCUT2D eigenvalue weighted by Gasteiger charge is -1.97. The molecule has 0 spiro atoms. The van der Waals surface area contributed by atoms with Gasteiger partial charge in [-0.1, -0.05) is 16.9 Å². The van der Waals surface area contributed by atoms with Crippen LogP contribution < -0.4 is 6.15 Å². The number of pyridine rings is 1. The Balaban J connectivity index is 0.00000169. The monoisotopic (exact) mass is 232 g/mol. The molecule has 0 aliphatic heterocycles. The minimum atomic E-state index is -0.755. The predicted molar refractivity (Wildman–Crippen MR) is 59.8 cm³/mol. The molecule has 0 fully saturated rings. The molecular weight excluding hydrogens is 220 g/mol. The second-order valence-electron chi connectivity index (χ2n) is 2.22. The van der Waals surface area contributed by atoms with Gasteiger partial charge in [-0.2, -0.15) is 0 Å². The number of hydrogen-bond donors (Lipinski definition) is 2. The van der Waals surface area contributed by atoms with Crippen LogP contribution in [0.5, 0.6) is 0 Å². The topological polar surface area (TPSA) is 85.2 Å². The largest absolute Gasteiger partial charge is 0.481 e. The van der Waals surface area contributed by atoms with Crippen LogP contribution in [0.2, 0.25) is 0 Å². The highest BCUT2D eigenvalue weighted by Crippen LogP contribution is 2.29. The van der Waals surface area contributed by atoms with E-state index >= 15 is 0 Å². The molecule has 1 aromatic rings. The molecule has 6 heteroatoms. The molecule has 0 radical (unpaired) electrons. The van der Waals surface area contributed by atoms with Gasteiger partial charge >= 0.3 is 5.97 Å². The first-order valence-electron chi connectivity index (χ1n) is 3.71. The smallest absolute Gasteiger partial charge is 0.304 e. The van der Waals surface area contributed by atoms with E-state index in [1.807, 2.05) is 18.2 Å². The lowest BCUT2D eigenvalue weighted by atomic mass is 10.5. The number of nitrogens with zero attached hydrogens (tertiary/aromatic N) is 1. The van der Waals surface area contributed by atoms with E-state index in [0.29, 0.717) is 5.75 Å². The average molecular weight is 232 g/mol. The van der Waals surface area contributed by atoms with Crippen molar-refractivity contribution in [1.82, 2.24) is 11.1 Å². The molecule has 0 aliphatic carbocycles. The number of rotatable bonds is 5. The van der Waals surface area contributed by atoms with Crippen molar-refractivity contribution in [2.75, 3.05) is 5.75 Å². The highest BCUT2D eigenvalue weighted by atomic mass is 33.1. The molecule has 1 rings (SSSR count). The van der Waals surface area contributed by atoms with Crippen LogP contribution in [0.15, 0.2) is 29.4 Å². The van der Waals surface area contributed by atoms with Gasteiger partial charge in [0, 0.05) is 11.9 Å². The van der Waals surface area contributed by atoms with E-state index in [1.54, 1.807) is 6.20 Å². The molecule has 4 nitrogen and oxygen atoms in total. The summed E-state index contributed by atoms with van der Waals surface area (Å²) in [6, 6.07) is 5.66. The van der Waals surface area contributed by atoms with E-state index in [9.17, 15) is 4.79 Å². The first kappa shape index (κ1) is 13.3. The maximum absolute atomic E-state index is 10.2. The zero-order valence-corrected chi connectivity index (χ0v) is 9.18. The predicted octanol–water partition coefficient (Wildman–Crippen LogP) is 2.46. The Kier molecular flexibility index (Phi) is 7.27. The van der Waals surface area contributed by atoms with Gasteiger partial charge in [0.05, 0.1) is 6.42 Å². The summed E-state index contributed by atoms with van der Waals surface area (Å²) in [6.45, 7) is 0. The fourth-order valence-electron chi connectivity index (χ4n) is 0.627. The second-order valence-corrected chi connectivity index (χ2v) is 4.65. The summed E-state index contributed by atoms with van der Waals surface area (Å²) in [5.74, 6) is -0.148. The molecule has 78 valence electrons. The Bertz CT molecular complexity index is 269. The number of carbonyl (C=O) groups is 1. The molecule has 0 saturated heterocycles. The first-order chi connectivity index (χ1) is 6.29. The third kappa shape index (κ3) is 5.85. The van der Waals surface area contributed by atoms with E-state index in [2.05, 4.69) is 4.98 Å². The highest BCUT2D eigenvalue weighted by Gasteiger charge is 1.98. The number of aliphatic carboxylic acids is 1. The van der Waals surface area contributed by atoms with Gasteiger partial charge in [-0.3, -0.25) is 4.79 Å². The molecular formula is C8H12N2O2S2. The van der Waals surface area contributed by atoms with Crippen molar-refractivity contribution in [1.29, 1.82) is 0 Å². The summed E-state index contributed by atoms with van der Waals surface area (Å²) >= 11 is 0. The molecule has 0 aliphatic rings. The third-order valence-electron chi connectivity index (χ3n) is 1.18. The molecule has 0 unspecified atom stereocenters. The van der Waals surface area contributed by atoms with E-state index in [0.717, 1.165) is 5.03 Å². The summed E-state index contributed by atoms with van der Waals surface area (Å²) in [7, 11) is 3.01. The Morgan fingerprint density at radius 2 is 2.29 bits per heavy atom. The fourth-order valence-corrected chi connectivity index (χ4v) is 2.49. The Hall–Kier alpha value is -0.720. The summed E-state index contributed by atoms with van der Waals surface area (Å²) in [4.78, 5) is 14.3. The molecule has 0 aromatic carbocycles. The molecule has 14 heavy (non-hydrogen) atoms. The Labute approximate surface area is 90.5 Å². The van der Waals surface area contributed by atoms with Gasteiger partial charge in [0.2, 0.25) is 0 Å². The number of aromatic nitrogens is 1. The number of hydrogen-bond acceptors (Lipinski definition) is 5. The van der Waals surface area contributed by atoms with Crippen molar-refractivity contribution >= 4 is 27.6 Å². The Morgan fingerprint density at radius 1 is 1.50 bits per heavy atom. The van der Waals surface area contributed by atoms with Gasteiger partial charge in [-0.25, -0.2) is 4.98 Å². The van der Waals surface area contributed by atoms with Crippen molar-refractivity contribution in [2.24, 2.45) is 0 Å². The lowest BCUT2D eigenvalue weighted by molar-refractivity contribution is -0.136. The molecule has 0 amide bonds. The van der Waals surface area contributed by atoms with Crippen LogP contribution in [-0.4, -0.2) is 21.8 Å². The van der Waals surface area contributed by atoms with Gasteiger partial charge < -0.3 is 11.3 Å². The number of carboxylic acid groups (broad SMARTS) is 1. The minimum Gasteiger partial charge on any atom is -0.481 e. The van der Waals surface area contributed by atoms with Crippen LogP contribution in [-0.2, 0) is 4.79 Å². The van der Waals surface area contributed by atoms with Crippen molar-refractivity contribution in [2.45, 2.75) is 11.4 Å². The van der Waals surface area contributed by atoms with Gasteiger partial charge in [-0.05, 0) is 22.9 Å². The zero-order chi connectivity index (χ0) is 9.52. The highest BCUT2D eigenvalue weighted by molar-refractivity contribution is 8.76. The van der Waals surface area contributed by atoms with Crippen molar-refractivity contribution < 1.29 is 9.90 Å². The van der Waals surface area contributed by atoms with E-state index in [1.165, 1.54) is 21.6 Å². The van der Waals surface area contributed by atoms with Crippen molar-refractivity contribution in [3.63, 3.8) is 0 Å². The van der Waals surface area contributed by atoms with Crippen LogP contribution in [0.1, 0.15) is 6.42 Å². The van der Waals surface area contributed by atoms with Gasteiger partial charge in [0.15, 0.2) is 0 Å². The van der Waals surface area contributed by atoms with Crippen LogP contribution in [0.4, 0.5) is 0 Å². The second kappa shape index (κ2) is 7.66. The summed E-state index contributed by atoms with van der Waals surface area (Å²) in [5, 5.41) is 9.29. The fraction of sp³-hybridized carbons (Fsp3) is 0.250. The Morgan fingerprint density at radius 3 is 2.86 bits per heavy atom. The maximum Gasteiger partial charge on any atom is 0.304 e. The van der Waals surface area contributed by atoms with Gasteiger partial charge in [0.25, 0.3) is 0 Å².